The maximum absolute atomic E-state index is 12.7. The van der Waals surface area contributed by atoms with Gasteiger partial charge >= 0.3 is 11.9 Å². The summed E-state index contributed by atoms with van der Waals surface area (Å²) in [6.07, 6.45) is 9.54. The van der Waals surface area contributed by atoms with Crippen molar-refractivity contribution in [2.24, 2.45) is 0 Å². The van der Waals surface area contributed by atoms with E-state index >= 15 is 0 Å². The van der Waals surface area contributed by atoms with Crippen molar-refractivity contribution in [3.8, 4) is 0 Å². The van der Waals surface area contributed by atoms with Gasteiger partial charge in [-0.25, -0.2) is 4.79 Å². The molecule has 1 rings (SSSR count). The third kappa shape index (κ3) is 10.5. The number of carbonyl (C=O) groups excluding carboxylic acids is 3. The molecular formula is C25H39NO5. The van der Waals surface area contributed by atoms with Gasteiger partial charge in [0.25, 0.3) is 0 Å². The molecule has 0 bridgehead atoms. The highest BCUT2D eigenvalue weighted by atomic mass is 16.6. The Morgan fingerprint density at radius 2 is 1.42 bits per heavy atom. The van der Waals surface area contributed by atoms with E-state index in [-0.39, 0.29) is 25.5 Å². The second-order valence-electron chi connectivity index (χ2n) is 8.10. The molecule has 1 N–H and O–H groups in total. The van der Waals surface area contributed by atoms with Crippen molar-refractivity contribution in [1.29, 1.82) is 0 Å². The number of esters is 2. The summed E-state index contributed by atoms with van der Waals surface area (Å²) < 4.78 is 10.3. The fourth-order valence-corrected chi connectivity index (χ4v) is 3.55. The van der Waals surface area contributed by atoms with E-state index in [4.69, 9.17) is 9.47 Å². The molecule has 0 heterocycles. The van der Waals surface area contributed by atoms with Gasteiger partial charge < -0.3 is 14.8 Å². The number of rotatable bonds is 15. The summed E-state index contributed by atoms with van der Waals surface area (Å²) in [6, 6.07) is 8.36. The van der Waals surface area contributed by atoms with Crippen molar-refractivity contribution < 1.29 is 23.9 Å². The minimum Gasteiger partial charge on any atom is -0.464 e. The van der Waals surface area contributed by atoms with E-state index in [0.717, 1.165) is 12.0 Å². The third-order valence-corrected chi connectivity index (χ3v) is 5.29. The highest BCUT2D eigenvalue weighted by Gasteiger charge is 2.42. The first-order chi connectivity index (χ1) is 14.8. The number of benzene rings is 1. The van der Waals surface area contributed by atoms with Gasteiger partial charge in [0.15, 0.2) is 5.54 Å². The molecule has 0 saturated heterocycles. The predicted molar refractivity (Wildman–Crippen MR) is 122 cm³/mol. The number of ether oxygens (including phenoxy) is 2. The van der Waals surface area contributed by atoms with Crippen molar-refractivity contribution in [2.75, 3.05) is 13.2 Å². The Morgan fingerprint density at radius 1 is 0.839 bits per heavy atom. The van der Waals surface area contributed by atoms with E-state index in [2.05, 4.69) is 36.5 Å². The first kappa shape index (κ1) is 26.7. The van der Waals surface area contributed by atoms with Gasteiger partial charge in [-0.2, -0.15) is 0 Å². The second-order valence-corrected chi connectivity index (χ2v) is 8.10. The highest BCUT2D eigenvalue weighted by Crippen LogP contribution is 2.20. The van der Waals surface area contributed by atoms with Crippen molar-refractivity contribution in [2.45, 2.75) is 91.0 Å². The van der Waals surface area contributed by atoms with Gasteiger partial charge in [0.1, 0.15) is 6.61 Å². The van der Waals surface area contributed by atoms with Crippen LogP contribution >= 0.6 is 0 Å². The zero-order valence-electron chi connectivity index (χ0n) is 19.6. The van der Waals surface area contributed by atoms with Crippen LogP contribution in [0.15, 0.2) is 24.3 Å². The molecule has 0 aliphatic rings. The summed E-state index contributed by atoms with van der Waals surface area (Å²) in [5, 5.41) is 2.67. The molecular weight excluding hydrogens is 394 g/mol. The monoisotopic (exact) mass is 433 g/mol. The van der Waals surface area contributed by atoms with Gasteiger partial charge in [-0.15, -0.1) is 0 Å². The quantitative estimate of drug-likeness (QED) is 0.325. The minimum atomic E-state index is -1.40. The van der Waals surface area contributed by atoms with E-state index < -0.39 is 17.5 Å². The first-order valence-electron chi connectivity index (χ1n) is 11.5. The minimum absolute atomic E-state index is 0.174. The van der Waals surface area contributed by atoms with Crippen LogP contribution < -0.4 is 5.32 Å². The molecule has 0 spiro atoms. The van der Waals surface area contributed by atoms with Gasteiger partial charge in [0.2, 0.25) is 5.91 Å². The summed E-state index contributed by atoms with van der Waals surface area (Å²) in [5.74, 6) is -1.49. The molecule has 6 heteroatoms. The van der Waals surface area contributed by atoms with Gasteiger partial charge in [-0.3, -0.25) is 9.59 Å². The predicted octanol–water partition coefficient (Wildman–Crippen LogP) is 4.52. The number of nitrogens with one attached hydrogen (secondary N) is 1. The van der Waals surface area contributed by atoms with Crippen LogP contribution in [0.5, 0.6) is 0 Å². The largest absolute Gasteiger partial charge is 0.464 e. The SMILES string of the molecule is CCCCCCCCc1ccc(CCC(COC(C)=O)(NC(C)=O)C(=O)OCC)cc1. The lowest BCUT2D eigenvalue weighted by Crippen LogP contribution is -2.58. The number of aryl methyl sites for hydroxylation is 2. The number of hydrogen-bond donors (Lipinski definition) is 1. The van der Waals surface area contributed by atoms with E-state index in [1.807, 2.05) is 0 Å². The van der Waals surface area contributed by atoms with Crippen LogP contribution in [0.25, 0.3) is 0 Å². The standard InChI is InChI=1S/C25H39NO5/c1-5-7-8-9-10-11-12-22-13-15-23(16-14-22)17-18-25(26-20(3)27,19-31-21(4)28)24(29)30-6-2/h13-16H,5-12,17-19H2,1-4H3,(H,26,27). The van der Waals surface area contributed by atoms with Gasteiger partial charge in [-0.05, 0) is 43.7 Å². The number of hydrogen-bond acceptors (Lipinski definition) is 5. The van der Waals surface area contributed by atoms with Crippen molar-refractivity contribution in [1.82, 2.24) is 5.32 Å². The smallest absolute Gasteiger partial charge is 0.335 e. The highest BCUT2D eigenvalue weighted by molar-refractivity contribution is 5.87. The van der Waals surface area contributed by atoms with Gasteiger partial charge in [0, 0.05) is 13.8 Å². The molecule has 0 fully saturated rings. The molecule has 31 heavy (non-hydrogen) atoms. The summed E-state index contributed by atoms with van der Waals surface area (Å²) in [6.45, 7) is 6.45. The first-order valence-corrected chi connectivity index (χ1v) is 11.5. The zero-order chi connectivity index (χ0) is 23.1. The Kier molecular flexibility index (Phi) is 12.6. The number of carbonyl (C=O) groups is 3. The molecule has 0 aromatic heterocycles. The fourth-order valence-electron chi connectivity index (χ4n) is 3.55. The van der Waals surface area contributed by atoms with Crippen LogP contribution in [0.4, 0.5) is 0 Å². The topological polar surface area (TPSA) is 81.7 Å². The van der Waals surface area contributed by atoms with E-state index in [1.54, 1.807) is 6.92 Å². The average Bonchev–Trinajstić information content (AvgIpc) is 2.73. The molecule has 1 aromatic rings. The lowest BCUT2D eigenvalue weighted by atomic mass is 9.91. The van der Waals surface area contributed by atoms with Crippen molar-refractivity contribution in [3.05, 3.63) is 35.4 Å². The molecule has 174 valence electrons. The Bertz CT molecular complexity index is 686. The van der Waals surface area contributed by atoms with Crippen LogP contribution in [0, 0.1) is 0 Å². The maximum Gasteiger partial charge on any atom is 0.335 e. The van der Waals surface area contributed by atoms with Crippen molar-refractivity contribution in [3.63, 3.8) is 0 Å². The normalized spacial score (nSPS) is 12.6. The fraction of sp³-hybridized carbons (Fsp3) is 0.640. The van der Waals surface area contributed by atoms with Crippen molar-refractivity contribution >= 4 is 17.8 Å². The van der Waals surface area contributed by atoms with Crippen LogP contribution in [0.2, 0.25) is 0 Å². The van der Waals surface area contributed by atoms with Gasteiger partial charge in [-0.1, -0.05) is 63.3 Å². The van der Waals surface area contributed by atoms with Crippen LogP contribution in [0.3, 0.4) is 0 Å². The summed E-state index contributed by atoms with van der Waals surface area (Å²) in [7, 11) is 0. The summed E-state index contributed by atoms with van der Waals surface area (Å²) >= 11 is 0. The average molecular weight is 434 g/mol. The molecule has 0 saturated carbocycles. The molecule has 1 atom stereocenters. The van der Waals surface area contributed by atoms with Crippen LogP contribution in [0.1, 0.15) is 83.8 Å². The second kappa shape index (κ2) is 14.6. The third-order valence-electron chi connectivity index (χ3n) is 5.29. The van der Waals surface area contributed by atoms with E-state index in [0.29, 0.717) is 6.42 Å². The van der Waals surface area contributed by atoms with Crippen LogP contribution in [-0.4, -0.2) is 36.6 Å². The molecule has 0 aliphatic heterocycles. The Labute approximate surface area is 187 Å². The summed E-state index contributed by atoms with van der Waals surface area (Å²) in [4.78, 5) is 35.8. The molecule has 1 aromatic carbocycles. The Morgan fingerprint density at radius 3 is 1.97 bits per heavy atom. The van der Waals surface area contributed by atoms with Gasteiger partial charge in [0.05, 0.1) is 6.61 Å². The Balaban J connectivity index is 2.74. The maximum atomic E-state index is 12.7. The van der Waals surface area contributed by atoms with E-state index in [9.17, 15) is 14.4 Å². The lowest BCUT2D eigenvalue weighted by Gasteiger charge is -2.31. The molecule has 0 aliphatic carbocycles. The van der Waals surface area contributed by atoms with E-state index in [1.165, 1.54) is 57.9 Å². The molecule has 0 radical (unpaired) electrons. The number of amides is 1. The molecule has 1 unspecified atom stereocenters. The lowest BCUT2D eigenvalue weighted by molar-refractivity contribution is -0.160. The zero-order valence-corrected chi connectivity index (χ0v) is 19.6. The molecule has 6 nitrogen and oxygen atoms in total. The Hall–Kier alpha value is -2.37. The number of unbranched alkanes of at least 4 members (excludes halogenated alkanes) is 5. The summed E-state index contributed by atoms with van der Waals surface area (Å²) in [5.41, 5.74) is 0.955. The van der Waals surface area contributed by atoms with Crippen LogP contribution in [-0.2, 0) is 36.7 Å². The molecule has 1 amide bonds.